The first kappa shape index (κ1) is 17.4. The third-order valence-corrected chi connectivity index (χ3v) is 8.59. The lowest BCUT2D eigenvalue weighted by atomic mass is 9.74. The summed E-state index contributed by atoms with van der Waals surface area (Å²) in [4.78, 5) is 5.58. The second-order valence-corrected chi connectivity index (χ2v) is 9.46. The van der Waals surface area contributed by atoms with Crippen molar-refractivity contribution in [2.45, 2.75) is 56.9 Å². The highest BCUT2D eigenvalue weighted by Gasteiger charge is 2.68. The van der Waals surface area contributed by atoms with Crippen molar-refractivity contribution < 1.29 is 0 Å². The van der Waals surface area contributed by atoms with Crippen molar-refractivity contribution in [3.63, 3.8) is 0 Å². The first-order chi connectivity index (χ1) is 14.8. The minimum Gasteiger partial charge on any atom is -0.355 e. The molecule has 4 atom stereocenters. The van der Waals surface area contributed by atoms with Crippen molar-refractivity contribution in [2.75, 3.05) is 24.5 Å². The van der Waals surface area contributed by atoms with Crippen LogP contribution in [0.25, 0.3) is 10.9 Å². The maximum absolute atomic E-state index is 4.02. The fourth-order valence-corrected chi connectivity index (χ4v) is 7.74. The van der Waals surface area contributed by atoms with Crippen LogP contribution in [-0.4, -0.2) is 41.3 Å². The Morgan fingerprint density at radius 3 is 2.73 bits per heavy atom. The molecule has 0 saturated carbocycles. The van der Waals surface area contributed by atoms with Crippen molar-refractivity contribution in [3.05, 3.63) is 65.4 Å². The van der Waals surface area contributed by atoms with Gasteiger partial charge in [0.05, 0.1) is 12.2 Å². The van der Waals surface area contributed by atoms with E-state index in [1.807, 2.05) is 0 Å². The Morgan fingerprint density at radius 2 is 1.87 bits per heavy atom. The molecule has 2 aromatic carbocycles. The summed E-state index contributed by atoms with van der Waals surface area (Å²) in [6.45, 7) is 9.04. The lowest BCUT2D eigenvalue weighted by molar-refractivity contribution is 0.151. The first-order valence-electron chi connectivity index (χ1n) is 11.8. The number of anilines is 1. The van der Waals surface area contributed by atoms with Crippen molar-refractivity contribution in [2.24, 2.45) is 0 Å². The summed E-state index contributed by atoms with van der Waals surface area (Å²) in [6.07, 6.45) is 2.87. The van der Waals surface area contributed by atoms with E-state index >= 15 is 0 Å². The Hall–Kier alpha value is -2.30. The fraction of sp³-hybridized carbons (Fsp3) is 0.462. The number of rotatable bonds is 2. The number of nitrogens with one attached hydrogen (secondary N) is 1. The van der Waals surface area contributed by atoms with Crippen LogP contribution in [0, 0.1) is 0 Å². The average molecular weight is 399 g/mol. The molecule has 4 unspecified atom stereocenters. The van der Waals surface area contributed by atoms with E-state index in [0.717, 1.165) is 32.6 Å². The minimum absolute atomic E-state index is 0.202. The number of aryl methyl sites for hydroxylation is 1. The van der Waals surface area contributed by atoms with E-state index in [1.54, 1.807) is 16.8 Å². The zero-order chi connectivity index (χ0) is 20.0. The molecular formula is C26H30N4. The van der Waals surface area contributed by atoms with Gasteiger partial charge in [0.2, 0.25) is 0 Å². The van der Waals surface area contributed by atoms with Crippen LogP contribution in [0.1, 0.15) is 43.1 Å². The van der Waals surface area contributed by atoms with Gasteiger partial charge in [-0.25, -0.2) is 0 Å². The van der Waals surface area contributed by atoms with Gasteiger partial charge in [-0.2, -0.15) is 0 Å². The summed E-state index contributed by atoms with van der Waals surface area (Å²) in [5, 5.41) is 5.50. The molecule has 0 bridgehead atoms. The van der Waals surface area contributed by atoms with Gasteiger partial charge >= 0.3 is 0 Å². The summed E-state index contributed by atoms with van der Waals surface area (Å²) in [5.41, 5.74) is 7.87. The summed E-state index contributed by atoms with van der Waals surface area (Å²) in [5.74, 6) is 0. The number of hydrogen-bond donors (Lipinski definition) is 1. The van der Waals surface area contributed by atoms with Crippen LogP contribution in [0.2, 0.25) is 0 Å². The van der Waals surface area contributed by atoms with E-state index in [9.17, 15) is 0 Å². The largest absolute Gasteiger partial charge is 0.355 e. The highest BCUT2D eigenvalue weighted by atomic mass is 15.5. The van der Waals surface area contributed by atoms with Crippen LogP contribution in [-0.2, 0) is 18.4 Å². The van der Waals surface area contributed by atoms with Gasteiger partial charge in [-0.15, -0.1) is 0 Å². The Balaban J connectivity index is 1.50. The quantitative estimate of drug-likeness (QED) is 0.705. The lowest BCUT2D eigenvalue weighted by Gasteiger charge is -2.41. The minimum atomic E-state index is 0.202. The molecule has 4 heteroatoms. The number of aromatic nitrogens is 1. The molecule has 2 fully saturated rings. The second kappa shape index (κ2) is 5.89. The predicted octanol–water partition coefficient (Wildman–Crippen LogP) is 4.04. The smallest absolute Gasteiger partial charge is 0.0942 e. The molecule has 0 radical (unpaired) electrons. The molecular weight excluding hydrogens is 368 g/mol. The van der Waals surface area contributed by atoms with E-state index in [-0.39, 0.29) is 5.41 Å². The highest BCUT2D eigenvalue weighted by Crippen LogP contribution is 2.62. The first-order valence-corrected chi connectivity index (χ1v) is 11.8. The van der Waals surface area contributed by atoms with Crippen molar-refractivity contribution in [1.82, 2.24) is 14.8 Å². The third-order valence-electron chi connectivity index (χ3n) is 8.59. The molecule has 2 saturated heterocycles. The summed E-state index contributed by atoms with van der Waals surface area (Å²) < 4.78 is 2.62. The molecule has 7 rings (SSSR count). The Labute approximate surface area is 178 Å². The number of nitrogens with zero attached hydrogens (tertiary/aromatic N) is 3. The molecule has 1 aromatic heterocycles. The van der Waals surface area contributed by atoms with E-state index < -0.39 is 0 Å². The molecule has 0 amide bonds. The standard InChI is InChI=1S/C26H30N4/c1-3-28-20-11-7-5-9-17(20)18-13-16-30-23(22(18)28)24-26(14-15-27-24)19-10-6-8-12-21(19)29(4-2)25(26)30/h5-12,23-25,27H,3-4,13-16H2,1-2H3. The van der Waals surface area contributed by atoms with Crippen LogP contribution in [0.4, 0.5) is 5.69 Å². The summed E-state index contributed by atoms with van der Waals surface area (Å²) in [6, 6.07) is 19.3. The SMILES string of the molecule is CCN1c2ccccc2C23CCNC2C2c4c(c5ccccc5n4CC)CCN2C13. The molecule has 4 nitrogen and oxygen atoms in total. The molecule has 154 valence electrons. The van der Waals surface area contributed by atoms with Gasteiger partial charge in [0, 0.05) is 53.4 Å². The molecule has 0 aliphatic carbocycles. The molecule has 1 spiro atoms. The van der Waals surface area contributed by atoms with E-state index in [2.05, 4.69) is 82.1 Å². The molecule has 3 aromatic rings. The molecule has 4 aliphatic heterocycles. The van der Waals surface area contributed by atoms with Gasteiger partial charge < -0.3 is 14.8 Å². The monoisotopic (exact) mass is 398 g/mol. The fourth-order valence-electron chi connectivity index (χ4n) is 7.74. The van der Waals surface area contributed by atoms with Gasteiger partial charge in [0.15, 0.2) is 0 Å². The number of fused-ring (bicyclic) bond motifs is 8. The van der Waals surface area contributed by atoms with E-state index in [0.29, 0.717) is 18.2 Å². The maximum atomic E-state index is 4.02. The average Bonchev–Trinajstić information content (AvgIpc) is 3.49. The topological polar surface area (TPSA) is 23.4 Å². The van der Waals surface area contributed by atoms with Gasteiger partial charge in [-0.1, -0.05) is 36.4 Å². The molecule has 4 aliphatic rings. The zero-order valence-electron chi connectivity index (χ0n) is 17.9. The third kappa shape index (κ3) is 1.79. The van der Waals surface area contributed by atoms with Gasteiger partial charge in [0.25, 0.3) is 0 Å². The highest BCUT2D eigenvalue weighted by molar-refractivity contribution is 5.86. The van der Waals surface area contributed by atoms with Crippen LogP contribution in [0.5, 0.6) is 0 Å². The number of likely N-dealkylation sites (N-methyl/N-ethyl adjacent to an activating group) is 1. The summed E-state index contributed by atoms with van der Waals surface area (Å²) >= 11 is 0. The number of hydrogen-bond acceptors (Lipinski definition) is 3. The second-order valence-electron chi connectivity index (χ2n) is 9.46. The molecule has 30 heavy (non-hydrogen) atoms. The van der Waals surface area contributed by atoms with Gasteiger partial charge in [-0.05, 0) is 56.5 Å². The van der Waals surface area contributed by atoms with Crippen LogP contribution in [0.3, 0.4) is 0 Å². The van der Waals surface area contributed by atoms with Crippen molar-refractivity contribution >= 4 is 16.6 Å². The molecule has 1 N–H and O–H groups in total. The van der Waals surface area contributed by atoms with Gasteiger partial charge in [0.1, 0.15) is 0 Å². The normalized spacial score (nSPS) is 31.5. The Morgan fingerprint density at radius 1 is 1.03 bits per heavy atom. The van der Waals surface area contributed by atoms with Crippen molar-refractivity contribution in [1.29, 1.82) is 0 Å². The number of benzene rings is 2. The Bertz CT molecular complexity index is 1130. The lowest BCUT2D eigenvalue weighted by Crippen LogP contribution is -2.51. The van der Waals surface area contributed by atoms with Crippen LogP contribution < -0.4 is 10.2 Å². The molecule has 5 heterocycles. The van der Waals surface area contributed by atoms with Crippen LogP contribution in [0.15, 0.2) is 48.5 Å². The van der Waals surface area contributed by atoms with Crippen molar-refractivity contribution in [3.8, 4) is 0 Å². The van der Waals surface area contributed by atoms with Gasteiger partial charge in [-0.3, -0.25) is 4.90 Å². The van der Waals surface area contributed by atoms with E-state index in [4.69, 9.17) is 0 Å². The number of para-hydroxylation sites is 2. The van der Waals surface area contributed by atoms with Crippen LogP contribution >= 0.6 is 0 Å². The summed E-state index contributed by atoms with van der Waals surface area (Å²) in [7, 11) is 0. The zero-order valence-corrected chi connectivity index (χ0v) is 17.9. The van der Waals surface area contributed by atoms with E-state index in [1.165, 1.54) is 23.0 Å². The Kier molecular flexibility index (Phi) is 3.42. The predicted molar refractivity (Wildman–Crippen MR) is 122 cm³/mol. The maximum Gasteiger partial charge on any atom is 0.0942 e.